The highest BCUT2D eigenvalue weighted by Crippen LogP contribution is 2.26. The van der Waals surface area contributed by atoms with Gasteiger partial charge in [0, 0.05) is 25.4 Å². The van der Waals surface area contributed by atoms with E-state index in [4.69, 9.17) is 0 Å². The predicted molar refractivity (Wildman–Crippen MR) is 107 cm³/mol. The van der Waals surface area contributed by atoms with Gasteiger partial charge in [-0.25, -0.2) is 4.99 Å². The van der Waals surface area contributed by atoms with Gasteiger partial charge in [0.2, 0.25) is 5.91 Å². The number of carbonyl (C=O) groups is 1. The minimum Gasteiger partial charge on any atom is -0.354 e. The Kier molecular flexibility index (Phi) is 8.12. The first-order valence-electron chi connectivity index (χ1n) is 8.90. The fourth-order valence-corrected chi connectivity index (χ4v) is 3.73. The third kappa shape index (κ3) is 6.98. The van der Waals surface area contributed by atoms with E-state index >= 15 is 0 Å². The minimum absolute atomic E-state index is 0.0415. The monoisotopic (exact) mass is 362 g/mol. The molecule has 138 valence electrons. The molecule has 1 amide bonds. The highest BCUT2D eigenvalue weighted by Gasteiger charge is 2.22. The predicted octanol–water partition coefficient (Wildman–Crippen LogP) is 2.48. The molecule has 2 rings (SSSR count). The summed E-state index contributed by atoms with van der Waals surface area (Å²) >= 11 is 1.95. The lowest BCUT2D eigenvalue weighted by atomic mass is 9.95. The number of nitrogens with one attached hydrogen (secondary N) is 2. The number of benzene rings is 1. The number of carbonyl (C=O) groups excluding carboxylic acids is 1. The van der Waals surface area contributed by atoms with Crippen LogP contribution in [0.4, 0.5) is 0 Å². The zero-order chi connectivity index (χ0) is 18.1. The Morgan fingerprint density at radius 1 is 1.28 bits per heavy atom. The van der Waals surface area contributed by atoms with Crippen molar-refractivity contribution in [2.24, 2.45) is 4.99 Å². The standard InChI is InChI=1S/C19H30N4OS/c1-23(2)18(24)14-21-19(20-13-15-8-5-4-6-9-15)22-16-10-7-11-17(12-16)25-3/h4-6,8-9,16-17H,7,10-14H2,1-3H3,(H2,20,21,22). The molecule has 0 aliphatic heterocycles. The molecule has 2 atom stereocenters. The van der Waals surface area contributed by atoms with E-state index in [1.54, 1.807) is 19.0 Å². The lowest BCUT2D eigenvalue weighted by Gasteiger charge is -2.30. The van der Waals surface area contributed by atoms with E-state index in [0.29, 0.717) is 17.8 Å². The van der Waals surface area contributed by atoms with Crippen LogP contribution < -0.4 is 10.6 Å². The Morgan fingerprint density at radius 3 is 2.72 bits per heavy atom. The number of amides is 1. The molecule has 0 spiro atoms. The summed E-state index contributed by atoms with van der Waals surface area (Å²) in [6.45, 7) is 0.858. The van der Waals surface area contributed by atoms with E-state index in [2.05, 4.69) is 34.0 Å². The van der Waals surface area contributed by atoms with Crippen LogP contribution in [0.25, 0.3) is 0 Å². The maximum atomic E-state index is 11.9. The van der Waals surface area contributed by atoms with Crippen molar-refractivity contribution in [1.82, 2.24) is 15.5 Å². The summed E-state index contributed by atoms with van der Waals surface area (Å²) < 4.78 is 0. The van der Waals surface area contributed by atoms with E-state index in [1.165, 1.54) is 12.8 Å². The fourth-order valence-electron chi connectivity index (χ4n) is 2.91. The molecule has 1 aliphatic carbocycles. The molecule has 1 aromatic carbocycles. The molecule has 1 aliphatic rings. The number of aliphatic imine (C=N–C) groups is 1. The Labute approximate surface area is 155 Å². The van der Waals surface area contributed by atoms with Gasteiger partial charge >= 0.3 is 0 Å². The van der Waals surface area contributed by atoms with Gasteiger partial charge in [-0.15, -0.1) is 0 Å². The van der Waals surface area contributed by atoms with E-state index < -0.39 is 0 Å². The molecule has 6 heteroatoms. The molecule has 1 aromatic rings. The Balaban J connectivity index is 1.98. The van der Waals surface area contributed by atoms with Gasteiger partial charge in [0.15, 0.2) is 5.96 Å². The van der Waals surface area contributed by atoms with Crippen molar-refractivity contribution in [3.05, 3.63) is 35.9 Å². The lowest BCUT2D eigenvalue weighted by molar-refractivity contribution is -0.127. The molecule has 0 saturated heterocycles. The topological polar surface area (TPSA) is 56.7 Å². The molecule has 1 fully saturated rings. The van der Waals surface area contributed by atoms with Gasteiger partial charge in [0.1, 0.15) is 0 Å². The van der Waals surface area contributed by atoms with Gasteiger partial charge in [-0.2, -0.15) is 11.8 Å². The fraction of sp³-hybridized carbons (Fsp3) is 0.579. The van der Waals surface area contributed by atoms with Gasteiger partial charge in [-0.1, -0.05) is 36.8 Å². The van der Waals surface area contributed by atoms with Crippen LogP contribution in [0.1, 0.15) is 31.2 Å². The normalized spacial score (nSPS) is 20.8. The number of guanidine groups is 1. The van der Waals surface area contributed by atoms with Crippen LogP contribution >= 0.6 is 11.8 Å². The van der Waals surface area contributed by atoms with Crippen LogP contribution in [0.15, 0.2) is 35.3 Å². The maximum Gasteiger partial charge on any atom is 0.241 e. The largest absolute Gasteiger partial charge is 0.354 e. The van der Waals surface area contributed by atoms with Gasteiger partial charge in [-0.05, 0) is 31.1 Å². The molecule has 2 N–H and O–H groups in total. The maximum absolute atomic E-state index is 11.9. The number of thioether (sulfide) groups is 1. The minimum atomic E-state index is 0.0415. The summed E-state index contributed by atoms with van der Waals surface area (Å²) in [5.74, 6) is 0.769. The number of rotatable bonds is 6. The second kappa shape index (κ2) is 10.3. The summed E-state index contributed by atoms with van der Waals surface area (Å²) in [6, 6.07) is 10.6. The third-order valence-electron chi connectivity index (χ3n) is 4.47. The number of hydrogen-bond donors (Lipinski definition) is 2. The number of nitrogens with zero attached hydrogens (tertiary/aromatic N) is 2. The van der Waals surface area contributed by atoms with Gasteiger partial charge in [0.25, 0.3) is 0 Å². The van der Waals surface area contributed by atoms with Crippen LogP contribution in [0.5, 0.6) is 0 Å². The second-order valence-electron chi connectivity index (χ2n) is 6.66. The van der Waals surface area contributed by atoms with Gasteiger partial charge in [-0.3, -0.25) is 4.79 Å². The first-order valence-corrected chi connectivity index (χ1v) is 10.2. The Hall–Kier alpha value is -1.69. The van der Waals surface area contributed by atoms with Crippen LogP contribution in [-0.4, -0.2) is 55.0 Å². The number of likely N-dealkylation sites (N-methyl/N-ethyl adjacent to an activating group) is 1. The van der Waals surface area contributed by atoms with Crippen molar-refractivity contribution in [2.45, 2.75) is 43.5 Å². The van der Waals surface area contributed by atoms with Crippen LogP contribution in [-0.2, 0) is 11.3 Å². The van der Waals surface area contributed by atoms with Gasteiger partial charge < -0.3 is 15.5 Å². The van der Waals surface area contributed by atoms with E-state index in [1.807, 2.05) is 30.0 Å². The van der Waals surface area contributed by atoms with Crippen molar-refractivity contribution in [3.63, 3.8) is 0 Å². The SMILES string of the molecule is CSC1CCCC(NC(=NCc2ccccc2)NCC(=O)N(C)C)C1. The molecule has 25 heavy (non-hydrogen) atoms. The average Bonchev–Trinajstić information content (AvgIpc) is 2.64. The molecule has 0 aromatic heterocycles. The first kappa shape index (κ1) is 19.6. The van der Waals surface area contributed by atoms with Crippen molar-refractivity contribution >= 4 is 23.6 Å². The summed E-state index contributed by atoms with van der Waals surface area (Å²) in [4.78, 5) is 18.2. The van der Waals surface area contributed by atoms with Crippen molar-refractivity contribution in [2.75, 3.05) is 26.9 Å². The molecular formula is C19H30N4OS. The van der Waals surface area contributed by atoms with Crippen molar-refractivity contribution in [1.29, 1.82) is 0 Å². The number of hydrogen-bond acceptors (Lipinski definition) is 3. The zero-order valence-corrected chi connectivity index (χ0v) is 16.3. The molecule has 5 nitrogen and oxygen atoms in total. The molecule has 0 heterocycles. The Bertz CT molecular complexity index is 562. The van der Waals surface area contributed by atoms with E-state index in [0.717, 1.165) is 24.4 Å². The highest BCUT2D eigenvalue weighted by molar-refractivity contribution is 7.99. The van der Waals surface area contributed by atoms with E-state index in [9.17, 15) is 4.79 Å². The zero-order valence-electron chi connectivity index (χ0n) is 15.5. The Morgan fingerprint density at radius 2 is 2.04 bits per heavy atom. The smallest absolute Gasteiger partial charge is 0.241 e. The third-order valence-corrected chi connectivity index (χ3v) is 5.56. The van der Waals surface area contributed by atoms with Gasteiger partial charge in [0.05, 0.1) is 13.1 Å². The summed E-state index contributed by atoms with van der Waals surface area (Å²) in [7, 11) is 3.53. The van der Waals surface area contributed by atoms with Crippen LogP contribution in [0, 0.1) is 0 Å². The highest BCUT2D eigenvalue weighted by atomic mass is 32.2. The van der Waals surface area contributed by atoms with Crippen LogP contribution in [0.2, 0.25) is 0 Å². The quantitative estimate of drug-likeness (QED) is 0.603. The van der Waals surface area contributed by atoms with Crippen LogP contribution in [0.3, 0.4) is 0 Å². The lowest BCUT2D eigenvalue weighted by Crippen LogP contribution is -2.48. The average molecular weight is 363 g/mol. The second-order valence-corrected chi connectivity index (χ2v) is 7.80. The first-order chi connectivity index (χ1) is 12.1. The molecule has 2 unspecified atom stereocenters. The molecular weight excluding hydrogens is 332 g/mol. The van der Waals surface area contributed by atoms with Crippen molar-refractivity contribution < 1.29 is 4.79 Å². The summed E-state index contributed by atoms with van der Waals surface area (Å²) in [5, 5.41) is 7.44. The molecule has 0 bridgehead atoms. The summed E-state index contributed by atoms with van der Waals surface area (Å²) in [6.07, 6.45) is 7.03. The molecule has 0 radical (unpaired) electrons. The van der Waals surface area contributed by atoms with E-state index in [-0.39, 0.29) is 12.5 Å². The van der Waals surface area contributed by atoms with Crippen molar-refractivity contribution in [3.8, 4) is 0 Å². The summed E-state index contributed by atoms with van der Waals surface area (Å²) in [5.41, 5.74) is 1.16. The molecule has 1 saturated carbocycles.